The highest BCUT2D eigenvalue weighted by atomic mass is 79.9. The van der Waals surface area contributed by atoms with Gasteiger partial charge in [0.2, 0.25) is 0 Å². The molecular formula is C17H19Br2NO. The molecule has 0 fully saturated rings. The van der Waals surface area contributed by atoms with Crippen molar-refractivity contribution in [1.82, 2.24) is 5.32 Å². The first-order valence-electron chi connectivity index (χ1n) is 6.98. The summed E-state index contributed by atoms with van der Waals surface area (Å²) in [6.07, 6.45) is 1.10. The Kier molecular flexibility index (Phi) is 6.27. The largest absolute Gasteiger partial charge is 0.496 e. The zero-order valence-corrected chi connectivity index (χ0v) is 15.4. The minimum atomic E-state index is 0.171. The van der Waals surface area contributed by atoms with E-state index in [1.165, 1.54) is 11.1 Å². The van der Waals surface area contributed by atoms with Crippen LogP contribution in [-0.2, 0) is 0 Å². The Morgan fingerprint density at radius 3 is 2.48 bits per heavy atom. The van der Waals surface area contributed by atoms with Crippen molar-refractivity contribution in [2.75, 3.05) is 13.7 Å². The maximum absolute atomic E-state index is 5.31. The first-order valence-corrected chi connectivity index (χ1v) is 8.56. The molecule has 0 spiro atoms. The molecule has 0 aliphatic rings. The van der Waals surface area contributed by atoms with E-state index < -0.39 is 0 Å². The molecule has 4 heteroatoms. The van der Waals surface area contributed by atoms with Gasteiger partial charge in [-0.15, -0.1) is 0 Å². The summed E-state index contributed by atoms with van der Waals surface area (Å²) in [5, 5.41) is 3.61. The maximum atomic E-state index is 5.31. The van der Waals surface area contributed by atoms with Crippen LogP contribution in [0, 0.1) is 0 Å². The predicted octanol–water partition coefficient (Wildman–Crippen LogP) is 5.31. The number of halogens is 2. The highest BCUT2D eigenvalue weighted by Gasteiger charge is 2.15. The highest BCUT2D eigenvalue weighted by molar-refractivity contribution is 9.10. The van der Waals surface area contributed by atoms with Crippen molar-refractivity contribution in [3.8, 4) is 5.75 Å². The fraction of sp³-hybridized carbons (Fsp3) is 0.294. The van der Waals surface area contributed by atoms with E-state index >= 15 is 0 Å². The molecule has 1 unspecified atom stereocenters. The molecule has 0 bridgehead atoms. The lowest BCUT2D eigenvalue weighted by atomic mass is 9.98. The molecule has 0 aromatic heterocycles. The summed E-state index contributed by atoms with van der Waals surface area (Å²) in [6.45, 7) is 3.15. The van der Waals surface area contributed by atoms with Gasteiger partial charge in [0.25, 0.3) is 0 Å². The molecule has 2 nitrogen and oxygen atoms in total. The van der Waals surface area contributed by atoms with Crippen LogP contribution in [0.15, 0.2) is 51.4 Å². The molecule has 2 aromatic rings. The summed E-state index contributed by atoms with van der Waals surface area (Å²) >= 11 is 7.12. The molecule has 0 saturated heterocycles. The van der Waals surface area contributed by atoms with Gasteiger partial charge in [-0.25, -0.2) is 0 Å². The van der Waals surface area contributed by atoms with E-state index in [2.05, 4.69) is 74.4 Å². The Labute approximate surface area is 143 Å². The van der Waals surface area contributed by atoms with Gasteiger partial charge in [0.1, 0.15) is 5.75 Å². The normalized spacial score (nSPS) is 12.2. The van der Waals surface area contributed by atoms with Crippen molar-refractivity contribution < 1.29 is 4.74 Å². The summed E-state index contributed by atoms with van der Waals surface area (Å²) in [6, 6.07) is 14.8. The Hall–Kier alpha value is -0.840. The number of methoxy groups -OCH3 is 1. The van der Waals surface area contributed by atoms with Gasteiger partial charge in [0.15, 0.2) is 0 Å². The molecule has 0 radical (unpaired) electrons. The molecule has 112 valence electrons. The molecule has 0 heterocycles. The van der Waals surface area contributed by atoms with Crippen LogP contribution in [0.5, 0.6) is 5.75 Å². The summed E-state index contributed by atoms with van der Waals surface area (Å²) in [5.41, 5.74) is 2.46. The lowest BCUT2D eigenvalue weighted by Gasteiger charge is -2.20. The zero-order valence-electron chi connectivity index (χ0n) is 12.2. The molecule has 1 N–H and O–H groups in total. The molecule has 21 heavy (non-hydrogen) atoms. The topological polar surface area (TPSA) is 21.3 Å². The number of nitrogens with one attached hydrogen (secondary N) is 1. The smallest absolute Gasteiger partial charge is 0.133 e. The van der Waals surface area contributed by atoms with E-state index in [1.807, 2.05) is 12.1 Å². The Morgan fingerprint density at radius 1 is 1.10 bits per heavy atom. The molecule has 0 amide bonds. The van der Waals surface area contributed by atoms with Crippen LogP contribution < -0.4 is 10.1 Å². The molecule has 0 aliphatic carbocycles. The molecule has 0 aliphatic heterocycles. The fourth-order valence-corrected chi connectivity index (χ4v) is 3.24. The van der Waals surface area contributed by atoms with Crippen molar-refractivity contribution in [2.45, 2.75) is 19.4 Å². The summed E-state index contributed by atoms with van der Waals surface area (Å²) in [4.78, 5) is 0. The van der Waals surface area contributed by atoms with Crippen LogP contribution in [0.25, 0.3) is 0 Å². The second-order valence-electron chi connectivity index (χ2n) is 4.84. The van der Waals surface area contributed by atoms with Crippen molar-refractivity contribution in [2.24, 2.45) is 0 Å². The summed E-state index contributed by atoms with van der Waals surface area (Å²) in [7, 11) is 1.68. The SMILES string of the molecule is CCCNC(c1cccc(Br)c1)c1ccc(OC)c(Br)c1. The number of rotatable bonds is 6. The molecule has 0 saturated carbocycles. The third-order valence-electron chi connectivity index (χ3n) is 3.29. The first-order chi connectivity index (χ1) is 10.2. The van der Waals surface area contributed by atoms with Gasteiger partial charge < -0.3 is 10.1 Å². The minimum absolute atomic E-state index is 0.171. The number of hydrogen-bond donors (Lipinski definition) is 1. The molecule has 1 atom stereocenters. The second kappa shape index (κ2) is 7.97. The van der Waals surface area contributed by atoms with Crippen LogP contribution >= 0.6 is 31.9 Å². The lowest BCUT2D eigenvalue weighted by Crippen LogP contribution is -2.23. The monoisotopic (exact) mass is 411 g/mol. The first kappa shape index (κ1) is 16.5. The number of benzene rings is 2. The van der Waals surface area contributed by atoms with Gasteiger partial charge in [0, 0.05) is 4.47 Å². The predicted molar refractivity (Wildman–Crippen MR) is 95.0 cm³/mol. The third kappa shape index (κ3) is 4.31. The molecular weight excluding hydrogens is 394 g/mol. The van der Waals surface area contributed by atoms with E-state index in [0.717, 1.165) is 27.7 Å². The third-order valence-corrected chi connectivity index (χ3v) is 4.40. The second-order valence-corrected chi connectivity index (χ2v) is 6.61. The van der Waals surface area contributed by atoms with Crippen LogP contribution in [0.1, 0.15) is 30.5 Å². The lowest BCUT2D eigenvalue weighted by molar-refractivity contribution is 0.411. The quantitative estimate of drug-likeness (QED) is 0.694. The van der Waals surface area contributed by atoms with E-state index in [-0.39, 0.29) is 6.04 Å². The van der Waals surface area contributed by atoms with Crippen molar-refractivity contribution in [3.63, 3.8) is 0 Å². The molecule has 2 rings (SSSR count). The van der Waals surface area contributed by atoms with E-state index in [0.29, 0.717) is 0 Å². The van der Waals surface area contributed by atoms with E-state index in [1.54, 1.807) is 7.11 Å². The Morgan fingerprint density at radius 2 is 1.86 bits per heavy atom. The van der Waals surface area contributed by atoms with Crippen molar-refractivity contribution in [3.05, 3.63) is 62.5 Å². The van der Waals surface area contributed by atoms with Crippen molar-refractivity contribution in [1.29, 1.82) is 0 Å². The Bertz CT molecular complexity index is 601. The van der Waals surface area contributed by atoms with Crippen LogP contribution in [-0.4, -0.2) is 13.7 Å². The van der Waals surface area contributed by atoms with Crippen molar-refractivity contribution >= 4 is 31.9 Å². The standard InChI is InChI=1S/C17H19Br2NO/c1-3-9-20-17(12-5-4-6-14(18)10-12)13-7-8-16(21-2)15(19)11-13/h4-8,10-11,17,20H,3,9H2,1-2H3. The molecule has 2 aromatic carbocycles. The van der Waals surface area contributed by atoms with E-state index in [4.69, 9.17) is 4.74 Å². The maximum Gasteiger partial charge on any atom is 0.133 e. The number of hydrogen-bond acceptors (Lipinski definition) is 2. The summed E-state index contributed by atoms with van der Waals surface area (Å²) in [5.74, 6) is 0.849. The average molecular weight is 413 g/mol. The van der Waals surface area contributed by atoms with Gasteiger partial charge in [-0.3, -0.25) is 0 Å². The summed E-state index contributed by atoms with van der Waals surface area (Å²) < 4.78 is 7.38. The Balaban J connectivity index is 2.37. The van der Waals surface area contributed by atoms with Gasteiger partial charge >= 0.3 is 0 Å². The van der Waals surface area contributed by atoms with Crippen LogP contribution in [0.2, 0.25) is 0 Å². The average Bonchev–Trinajstić information content (AvgIpc) is 2.48. The van der Waals surface area contributed by atoms with Gasteiger partial charge in [-0.05, 0) is 64.3 Å². The number of ether oxygens (including phenoxy) is 1. The van der Waals surface area contributed by atoms with Gasteiger partial charge in [0.05, 0.1) is 17.6 Å². The minimum Gasteiger partial charge on any atom is -0.496 e. The van der Waals surface area contributed by atoms with E-state index in [9.17, 15) is 0 Å². The van der Waals surface area contributed by atoms with Gasteiger partial charge in [-0.1, -0.05) is 41.1 Å². The fourth-order valence-electron chi connectivity index (χ4n) is 2.27. The van der Waals surface area contributed by atoms with Crippen LogP contribution in [0.4, 0.5) is 0 Å². The highest BCUT2D eigenvalue weighted by Crippen LogP contribution is 2.31. The van der Waals surface area contributed by atoms with Crippen LogP contribution in [0.3, 0.4) is 0 Å². The zero-order chi connectivity index (χ0) is 15.2. The van der Waals surface area contributed by atoms with Gasteiger partial charge in [-0.2, -0.15) is 0 Å².